The highest BCUT2D eigenvalue weighted by Gasteiger charge is 1.98. The highest BCUT2D eigenvalue weighted by Crippen LogP contribution is 2.15. The van der Waals surface area contributed by atoms with Gasteiger partial charge in [0, 0.05) is 4.47 Å². The Morgan fingerprint density at radius 3 is 2.86 bits per heavy atom. The van der Waals surface area contributed by atoms with Crippen LogP contribution in [-0.4, -0.2) is 6.61 Å². The Balaban J connectivity index is 2.50. The van der Waals surface area contributed by atoms with Gasteiger partial charge in [-0.3, -0.25) is 0 Å². The van der Waals surface area contributed by atoms with Crippen LogP contribution in [0.1, 0.15) is 12.5 Å². The van der Waals surface area contributed by atoms with Crippen molar-refractivity contribution in [1.82, 2.24) is 0 Å². The second-order valence-electron chi connectivity index (χ2n) is 2.86. The highest BCUT2D eigenvalue weighted by molar-refractivity contribution is 9.10. The molecule has 0 bridgehead atoms. The van der Waals surface area contributed by atoms with Crippen LogP contribution in [-0.2, 0) is 11.3 Å². The van der Waals surface area contributed by atoms with E-state index >= 15 is 0 Å². The molecule has 1 aromatic rings. The highest BCUT2D eigenvalue weighted by atomic mass is 79.9. The van der Waals surface area contributed by atoms with Crippen molar-refractivity contribution in [1.29, 1.82) is 0 Å². The van der Waals surface area contributed by atoms with E-state index in [1.807, 2.05) is 25.1 Å². The van der Waals surface area contributed by atoms with Crippen molar-refractivity contribution in [3.05, 3.63) is 46.2 Å². The van der Waals surface area contributed by atoms with E-state index in [-0.39, 0.29) is 5.82 Å². The normalized spacial score (nSPS) is 11.1. The van der Waals surface area contributed by atoms with Crippen molar-refractivity contribution in [2.75, 3.05) is 6.61 Å². The smallest absolute Gasteiger partial charge is 0.124 e. The van der Waals surface area contributed by atoms with Gasteiger partial charge in [0.25, 0.3) is 0 Å². The van der Waals surface area contributed by atoms with E-state index in [1.54, 1.807) is 0 Å². The van der Waals surface area contributed by atoms with E-state index in [9.17, 15) is 4.39 Å². The Labute approximate surface area is 91.7 Å². The minimum atomic E-state index is -0.246. The number of benzene rings is 1. The fourth-order valence-electron chi connectivity index (χ4n) is 1.04. The molecule has 76 valence electrons. The molecule has 0 aromatic heterocycles. The molecule has 0 aliphatic heterocycles. The van der Waals surface area contributed by atoms with Gasteiger partial charge in [0.1, 0.15) is 5.82 Å². The summed E-state index contributed by atoms with van der Waals surface area (Å²) >= 11 is 3.23. The molecule has 3 heteroatoms. The summed E-state index contributed by atoms with van der Waals surface area (Å²) in [6.45, 7) is 2.92. The third-order valence-electron chi connectivity index (χ3n) is 1.64. The molecule has 0 amide bonds. The molecule has 0 fully saturated rings. The first-order valence-electron chi connectivity index (χ1n) is 4.36. The molecule has 0 radical (unpaired) electrons. The van der Waals surface area contributed by atoms with E-state index in [0.29, 0.717) is 13.2 Å². The van der Waals surface area contributed by atoms with Crippen LogP contribution in [0.4, 0.5) is 4.39 Å². The van der Waals surface area contributed by atoms with Gasteiger partial charge in [-0.1, -0.05) is 28.1 Å². The molecule has 0 heterocycles. The van der Waals surface area contributed by atoms with Crippen LogP contribution in [0.25, 0.3) is 0 Å². The maximum atomic E-state index is 12.9. The fourth-order valence-corrected chi connectivity index (χ4v) is 1.55. The number of allylic oxidation sites excluding steroid dienone is 1. The van der Waals surface area contributed by atoms with E-state index in [0.717, 1.165) is 10.0 Å². The molecule has 0 atom stereocenters. The predicted octanol–water partition coefficient (Wildman–Crippen LogP) is 3.68. The van der Waals surface area contributed by atoms with Gasteiger partial charge >= 0.3 is 0 Å². The molecule has 0 aliphatic rings. The third-order valence-corrected chi connectivity index (χ3v) is 2.10. The van der Waals surface area contributed by atoms with Crippen LogP contribution in [0.2, 0.25) is 0 Å². The Morgan fingerprint density at radius 1 is 1.43 bits per heavy atom. The zero-order valence-electron chi connectivity index (χ0n) is 7.97. The lowest BCUT2D eigenvalue weighted by Crippen LogP contribution is -1.93. The molecule has 1 aromatic carbocycles. The van der Waals surface area contributed by atoms with E-state index in [4.69, 9.17) is 4.74 Å². The molecular formula is C11H12BrFO. The monoisotopic (exact) mass is 258 g/mol. The summed E-state index contributed by atoms with van der Waals surface area (Å²) in [5.41, 5.74) is 0.835. The summed E-state index contributed by atoms with van der Waals surface area (Å²) in [4.78, 5) is 0. The van der Waals surface area contributed by atoms with Crippen LogP contribution in [0.5, 0.6) is 0 Å². The van der Waals surface area contributed by atoms with Gasteiger partial charge in [0.05, 0.1) is 13.2 Å². The number of halogens is 2. The minimum Gasteiger partial charge on any atom is -0.373 e. The zero-order chi connectivity index (χ0) is 10.4. The van der Waals surface area contributed by atoms with Crippen molar-refractivity contribution in [3.63, 3.8) is 0 Å². The summed E-state index contributed by atoms with van der Waals surface area (Å²) < 4.78 is 18.9. The van der Waals surface area contributed by atoms with Crippen molar-refractivity contribution >= 4 is 15.9 Å². The standard InChI is InChI=1S/C11H12BrFO/c1-2-3-4-14-8-9-5-10(12)7-11(13)6-9/h2-3,5-7H,4,8H2,1H3. The largest absolute Gasteiger partial charge is 0.373 e. The molecule has 0 aliphatic carbocycles. The maximum absolute atomic E-state index is 12.9. The molecule has 1 rings (SSSR count). The summed E-state index contributed by atoms with van der Waals surface area (Å²) in [5, 5.41) is 0. The molecule has 14 heavy (non-hydrogen) atoms. The first-order valence-corrected chi connectivity index (χ1v) is 5.15. The van der Waals surface area contributed by atoms with Crippen LogP contribution < -0.4 is 0 Å². The third kappa shape index (κ3) is 4.03. The quantitative estimate of drug-likeness (QED) is 0.592. The fraction of sp³-hybridized carbons (Fsp3) is 0.273. The first-order chi connectivity index (χ1) is 6.72. The van der Waals surface area contributed by atoms with Gasteiger partial charge in [-0.15, -0.1) is 0 Å². The summed E-state index contributed by atoms with van der Waals surface area (Å²) in [6.07, 6.45) is 3.83. The summed E-state index contributed by atoms with van der Waals surface area (Å²) in [6, 6.07) is 4.74. The van der Waals surface area contributed by atoms with Gasteiger partial charge in [-0.25, -0.2) is 4.39 Å². The molecule has 1 nitrogen and oxygen atoms in total. The molecule has 0 saturated heterocycles. The molecule has 0 saturated carbocycles. The molecule has 0 N–H and O–H groups in total. The minimum absolute atomic E-state index is 0.246. The predicted molar refractivity (Wildman–Crippen MR) is 58.6 cm³/mol. The molecule has 0 spiro atoms. The number of hydrogen-bond acceptors (Lipinski definition) is 1. The number of hydrogen-bond donors (Lipinski definition) is 0. The van der Waals surface area contributed by atoms with Crippen molar-refractivity contribution in [2.24, 2.45) is 0 Å². The second-order valence-corrected chi connectivity index (χ2v) is 3.78. The Morgan fingerprint density at radius 2 is 2.21 bits per heavy atom. The number of ether oxygens (including phenoxy) is 1. The first kappa shape index (κ1) is 11.4. The van der Waals surface area contributed by atoms with Crippen molar-refractivity contribution < 1.29 is 9.13 Å². The Bertz CT molecular complexity index is 303. The van der Waals surface area contributed by atoms with Gasteiger partial charge in [-0.05, 0) is 30.7 Å². The van der Waals surface area contributed by atoms with Gasteiger partial charge in [-0.2, -0.15) is 0 Å². The lowest BCUT2D eigenvalue weighted by Gasteiger charge is -2.02. The van der Waals surface area contributed by atoms with Gasteiger partial charge in [0.2, 0.25) is 0 Å². The summed E-state index contributed by atoms with van der Waals surface area (Å²) in [7, 11) is 0. The Kier molecular flexibility index (Phi) is 4.84. The second kappa shape index (κ2) is 5.94. The van der Waals surface area contributed by atoms with Crippen LogP contribution >= 0.6 is 15.9 Å². The van der Waals surface area contributed by atoms with Crippen LogP contribution in [0, 0.1) is 5.82 Å². The SMILES string of the molecule is CC=CCOCc1cc(F)cc(Br)c1. The molecule has 0 unspecified atom stereocenters. The van der Waals surface area contributed by atoms with Crippen molar-refractivity contribution in [3.8, 4) is 0 Å². The number of rotatable bonds is 4. The maximum Gasteiger partial charge on any atom is 0.124 e. The van der Waals surface area contributed by atoms with Crippen molar-refractivity contribution in [2.45, 2.75) is 13.5 Å². The van der Waals surface area contributed by atoms with E-state index < -0.39 is 0 Å². The van der Waals surface area contributed by atoms with Crippen LogP contribution in [0.3, 0.4) is 0 Å². The average molecular weight is 259 g/mol. The molecular weight excluding hydrogens is 247 g/mol. The van der Waals surface area contributed by atoms with Gasteiger partial charge in [0.15, 0.2) is 0 Å². The zero-order valence-corrected chi connectivity index (χ0v) is 9.55. The lowest BCUT2D eigenvalue weighted by atomic mass is 10.2. The average Bonchev–Trinajstić information content (AvgIpc) is 2.11. The topological polar surface area (TPSA) is 9.23 Å². The van der Waals surface area contributed by atoms with Gasteiger partial charge < -0.3 is 4.74 Å². The summed E-state index contributed by atoms with van der Waals surface area (Å²) in [5.74, 6) is -0.246. The van der Waals surface area contributed by atoms with Crippen LogP contribution in [0.15, 0.2) is 34.8 Å². The lowest BCUT2D eigenvalue weighted by molar-refractivity contribution is 0.148. The van der Waals surface area contributed by atoms with E-state index in [1.165, 1.54) is 12.1 Å². The Hall–Kier alpha value is -0.670. The van der Waals surface area contributed by atoms with E-state index in [2.05, 4.69) is 15.9 Å².